The van der Waals surface area contributed by atoms with Gasteiger partial charge in [-0.3, -0.25) is 0 Å². The largest absolute Gasteiger partial charge is 0.488 e. The van der Waals surface area contributed by atoms with Crippen molar-refractivity contribution >= 4 is 0 Å². The second kappa shape index (κ2) is 7.76. The van der Waals surface area contributed by atoms with Gasteiger partial charge in [-0.15, -0.1) is 0 Å². The molecule has 2 N–H and O–H groups in total. The van der Waals surface area contributed by atoms with E-state index in [2.05, 4.69) is 5.32 Å². The first-order valence-corrected chi connectivity index (χ1v) is 7.99. The molecule has 2 rings (SSSR count). The third-order valence-electron chi connectivity index (χ3n) is 4.15. The molecule has 1 aromatic carbocycles. The number of hydrogen-bond acceptors (Lipinski definition) is 3. The first kappa shape index (κ1) is 16.2. The summed E-state index contributed by atoms with van der Waals surface area (Å²) in [4.78, 5) is 0. The van der Waals surface area contributed by atoms with Crippen LogP contribution in [0.1, 0.15) is 57.6 Å². The van der Waals surface area contributed by atoms with Crippen LogP contribution in [0.3, 0.4) is 0 Å². The van der Waals surface area contributed by atoms with Gasteiger partial charge in [0.05, 0.1) is 6.10 Å². The molecule has 0 aromatic heterocycles. The molecule has 0 saturated heterocycles. The number of aliphatic hydroxyl groups is 1. The molecule has 1 aliphatic carbocycles. The molecule has 0 aliphatic heterocycles. The highest BCUT2D eigenvalue weighted by Gasteiger charge is 2.23. The monoisotopic (exact) mass is 295 g/mol. The molecule has 1 aromatic rings. The molecule has 3 nitrogen and oxygen atoms in total. The molecule has 0 radical (unpaired) electrons. The maximum Gasteiger partial charge on any atom is 0.131 e. The van der Waals surface area contributed by atoms with Crippen LogP contribution >= 0.6 is 0 Å². The molecule has 0 bridgehead atoms. The highest BCUT2D eigenvalue weighted by Crippen LogP contribution is 2.26. The van der Waals surface area contributed by atoms with Crippen LogP contribution in [-0.2, 0) is 0 Å². The van der Waals surface area contributed by atoms with Gasteiger partial charge in [-0.05, 0) is 38.8 Å². The van der Waals surface area contributed by atoms with Gasteiger partial charge in [-0.25, -0.2) is 4.39 Å². The minimum absolute atomic E-state index is 0.0208. The van der Waals surface area contributed by atoms with Crippen molar-refractivity contribution in [1.29, 1.82) is 0 Å². The molecular formula is C17H26FNO2. The Morgan fingerprint density at radius 2 is 2.10 bits per heavy atom. The molecule has 21 heavy (non-hydrogen) atoms. The molecule has 1 saturated carbocycles. The summed E-state index contributed by atoms with van der Waals surface area (Å²) < 4.78 is 20.0. The van der Waals surface area contributed by atoms with Crippen LogP contribution in [0.2, 0.25) is 0 Å². The summed E-state index contributed by atoms with van der Waals surface area (Å²) in [5, 5.41) is 13.3. The zero-order valence-electron chi connectivity index (χ0n) is 12.9. The number of ether oxygens (including phenoxy) is 1. The second-order valence-corrected chi connectivity index (χ2v) is 5.82. The van der Waals surface area contributed by atoms with E-state index in [0.29, 0.717) is 11.3 Å². The Bertz CT molecular complexity index is 452. The smallest absolute Gasteiger partial charge is 0.131 e. The van der Waals surface area contributed by atoms with E-state index in [1.165, 1.54) is 6.07 Å². The molecule has 1 aliphatic rings. The van der Waals surface area contributed by atoms with E-state index in [1.807, 2.05) is 13.8 Å². The van der Waals surface area contributed by atoms with Gasteiger partial charge in [0.2, 0.25) is 0 Å². The van der Waals surface area contributed by atoms with Crippen LogP contribution in [0.25, 0.3) is 0 Å². The predicted molar refractivity (Wildman–Crippen MR) is 82.0 cm³/mol. The average Bonchev–Trinajstić information content (AvgIpc) is 2.64. The van der Waals surface area contributed by atoms with Crippen molar-refractivity contribution < 1.29 is 14.2 Å². The molecule has 0 heterocycles. The zero-order valence-corrected chi connectivity index (χ0v) is 12.9. The highest BCUT2D eigenvalue weighted by atomic mass is 19.1. The fourth-order valence-corrected chi connectivity index (χ4v) is 2.91. The Kier molecular flexibility index (Phi) is 6.00. The van der Waals surface area contributed by atoms with Gasteiger partial charge < -0.3 is 15.2 Å². The quantitative estimate of drug-likeness (QED) is 0.816. The number of halogens is 1. The molecule has 4 heteroatoms. The number of benzene rings is 1. The normalized spacial score (nSPS) is 24.4. The van der Waals surface area contributed by atoms with Crippen molar-refractivity contribution in [2.45, 2.75) is 64.2 Å². The lowest BCUT2D eigenvalue weighted by atomic mass is 10.1. The van der Waals surface area contributed by atoms with Crippen molar-refractivity contribution in [1.82, 2.24) is 5.32 Å². The van der Waals surface area contributed by atoms with Crippen LogP contribution in [0.5, 0.6) is 5.75 Å². The Morgan fingerprint density at radius 1 is 1.33 bits per heavy atom. The zero-order chi connectivity index (χ0) is 15.2. The fraction of sp³-hybridized carbons (Fsp3) is 0.647. The van der Waals surface area contributed by atoms with Gasteiger partial charge in [-0.2, -0.15) is 0 Å². The minimum Gasteiger partial charge on any atom is -0.488 e. The third-order valence-corrected chi connectivity index (χ3v) is 4.15. The van der Waals surface area contributed by atoms with E-state index >= 15 is 0 Å². The van der Waals surface area contributed by atoms with E-state index in [1.54, 1.807) is 12.1 Å². The summed E-state index contributed by atoms with van der Waals surface area (Å²) in [5.74, 6) is 0.245. The topological polar surface area (TPSA) is 41.5 Å². The molecular weight excluding hydrogens is 269 g/mol. The predicted octanol–water partition coefficient (Wildman–Crippen LogP) is 3.57. The highest BCUT2D eigenvalue weighted by molar-refractivity contribution is 5.31. The molecule has 3 unspecified atom stereocenters. The molecule has 118 valence electrons. The summed E-state index contributed by atoms with van der Waals surface area (Å²) in [5.41, 5.74) is 0.644. The summed E-state index contributed by atoms with van der Waals surface area (Å²) in [6.07, 6.45) is 4.15. The van der Waals surface area contributed by atoms with Crippen molar-refractivity contribution in [2.75, 3.05) is 6.54 Å². The lowest BCUT2D eigenvalue weighted by molar-refractivity contribution is 0.0318. The molecule has 0 spiro atoms. The van der Waals surface area contributed by atoms with Crippen molar-refractivity contribution in [2.24, 2.45) is 0 Å². The van der Waals surface area contributed by atoms with Crippen molar-refractivity contribution in [3.05, 3.63) is 29.6 Å². The Hall–Kier alpha value is -1.13. The van der Waals surface area contributed by atoms with Gasteiger partial charge in [0.15, 0.2) is 0 Å². The third kappa shape index (κ3) is 4.42. The lowest BCUT2D eigenvalue weighted by Gasteiger charge is -2.22. The Labute approximate surface area is 126 Å². The maximum absolute atomic E-state index is 14.2. The Balaban J connectivity index is 2.05. The van der Waals surface area contributed by atoms with E-state index in [-0.39, 0.29) is 18.0 Å². The van der Waals surface area contributed by atoms with Crippen LogP contribution in [0.4, 0.5) is 4.39 Å². The summed E-state index contributed by atoms with van der Waals surface area (Å²) >= 11 is 0. The van der Waals surface area contributed by atoms with Gasteiger partial charge in [0.1, 0.15) is 17.7 Å². The van der Waals surface area contributed by atoms with Gasteiger partial charge in [0, 0.05) is 17.7 Å². The summed E-state index contributed by atoms with van der Waals surface area (Å²) in [6.45, 7) is 4.74. The van der Waals surface area contributed by atoms with Gasteiger partial charge >= 0.3 is 0 Å². The van der Waals surface area contributed by atoms with Crippen LogP contribution < -0.4 is 10.1 Å². The van der Waals surface area contributed by atoms with Crippen LogP contribution in [-0.4, -0.2) is 23.9 Å². The molecule has 3 atom stereocenters. The number of aliphatic hydroxyl groups excluding tert-OH is 1. The standard InChI is InChI=1S/C17H26FNO2/c1-3-19-12(2)14-10-9-13(11-15(14)18)21-17-8-6-4-5-7-16(17)20/h9-12,16-17,19-20H,3-8H2,1-2H3. The van der Waals surface area contributed by atoms with Crippen molar-refractivity contribution in [3.8, 4) is 5.75 Å². The second-order valence-electron chi connectivity index (χ2n) is 5.82. The number of nitrogens with one attached hydrogen (secondary N) is 1. The van der Waals surface area contributed by atoms with Crippen LogP contribution in [0, 0.1) is 5.82 Å². The first-order valence-electron chi connectivity index (χ1n) is 7.99. The fourth-order valence-electron chi connectivity index (χ4n) is 2.91. The average molecular weight is 295 g/mol. The van der Waals surface area contributed by atoms with Crippen LogP contribution in [0.15, 0.2) is 18.2 Å². The van der Waals surface area contributed by atoms with E-state index < -0.39 is 6.10 Å². The van der Waals surface area contributed by atoms with Crippen molar-refractivity contribution in [3.63, 3.8) is 0 Å². The van der Waals surface area contributed by atoms with Gasteiger partial charge in [-0.1, -0.05) is 25.8 Å². The van der Waals surface area contributed by atoms with E-state index in [0.717, 1.165) is 38.6 Å². The Morgan fingerprint density at radius 3 is 2.81 bits per heavy atom. The minimum atomic E-state index is -0.448. The summed E-state index contributed by atoms with van der Waals surface area (Å²) in [7, 11) is 0. The van der Waals surface area contributed by atoms with Gasteiger partial charge in [0.25, 0.3) is 0 Å². The summed E-state index contributed by atoms with van der Waals surface area (Å²) in [6, 6.07) is 4.97. The molecule has 0 amide bonds. The SMILES string of the molecule is CCNC(C)c1ccc(OC2CCCCCC2O)cc1F. The van der Waals surface area contributed by atoms with E-state index in [9.17, 15) is 9.50 Å². The maximum atomic E-state index is 14.2. The number of rotatable bonds is 5. The molecule has 1 fully saturated rings. The lowest BCUT2D eigenvalue weighted by Crippen LogP contribution is -2.30. The number of hydrogen-bond donors (Lipinski definition) is 2. The van der Waals surface area contributed by atoms with E-state index in [4.69, 9.17) is 4.74 Å². The first-order chi connectivity index (χ1) is 10.1.